The molecule has 0 heterocycles. The van der Waals surface area contributed by atoms with Crippen LogP contribution in [0.2, 0.25) is 0 Å². The number of fused-ring (bicyclic) bond motifs is 1. The van der Waals surface area contributed by atoms with Crippen LogP contribution in [0, 0.1) is 0 Å². The molecule has 1 N–H and O–H groups in total. The van der Waals surface area contributed by atoms with Crippen molar-refractivity contribution in [2.45, 2.75) is 51.3 Å². The average molecular weight is 233 g/mol. The molecule has 1 aromatic carbocycles. The zero-order valence-corrected chi connectivity index (χ0v) is 11.1. The van der Waals surface area contributed by atoms with Crippen molar-refractivity contribution in [3.63, 3.8) is 0 Å². The summed E-state index contributed by atoms with van der Waals surface area (Å²) in [4.78, 5) is 2.30. The Bertz CT molecular complexity index is 375. The molecule has 17 heavy (non-hydrogen) atoms. The van der Waals surface area contributed by atoms with Gasteiger partial charge in [0.05, 0.1) is 6.10 Å². The van der Waals surface area contributed by atoms with Crippen molar-refractivity contribution in [2.24, 2.45) is 0 Å². The highest BCUT2D eigenvalue weighted by molar-refractivity contribution is 5.31. The first-order valence-corrected chi connectivity index (χ1v) is 6.59. The van der Waals surface area contributed by atoms with Crippen LogP contribution in [0.25, 0.3) is 0 Å². The van der Waals surface area contributed by atoms with Gasteiger partial charge >= 0.3 is 0 Å². The third-order valence-corrected chi connectivity index (χ3v) is 4.02. The van der Waals surface area contributed by atoms with E-state index in [1.807, 2.05) is 6.07 Å². The van der Waals surface area contributed by atoms with E-state index in [9.17, 15) is 5.11 Å². The molecule has 0 aliphatic heterocycles. The molecule has 0 radical (unpaired) electrons. The van der Waals surface area contributed by atoms with Crippen molar-refractivity contribution in [3.8, 4) is 0 Å². The Balaban J connectivity index is 2.28. The average Bonchev–Trinajstić information content (AvgIpc) is 2.48. The van der Waals surface area contributed by atoms with Crippen LogP contribution in [0.5, 0.6) is 0 Å². The zero-order valence-electron chi connectivity index (χ0n) is 11.1. The Morgan fingerprint density at radius 2 is 2.00 bits per heavy atom. The lowest BCUT2D eigenvalue weighted by Gasteiger charge is -2.34. The standard InChI is InChI=1S/C15H23NO/c1-11(2)16(3)14-10-6-8-12-7-4-5-9-13(12)15(14)17/h4-5,7,9,11,14-15,17H,6,8,10H2,1-3H3. The molecule has 0 aromatic heterocycles. The fourth-order valence-corrected chi connectivity index (χ4v) is 2.73. The molecule has 0 bridgehead atoms. The van der Waals surface area contributed by atoms with Crippen molar-refractivity contribution in [1.29, 1.82) is 0 Å². The van der Waals surface area contributed by atoms with Crippen LogP contribution in [0.3, 0.4) is 0 Å². The highest BCUT2D eigenvalue weighted by Gasteiger charge is 2.29. The molecule has 1 aromatic rings. The SMILES string of the molecule is CC(C)N(C)C1CCCc2ccccc2C1O. The van der Waals surface area contributed by atoms with E-state index in [-0.39, 0.29) is 12.1 Å². The number of benzene rings is 1. The normalized spacial score (nSPS) is 24.8. The lowest BCUT2D eigenvalue weighted by atomic mass is 9.97. The Hall–Kier alpha value is -0.860. The maximum Gasteiger partial charge on any atom is 0.0947 e. The second-order valence-electron chi connectivity index (χ2n) is 5.36. The van der Waals surface area contributed by atoms with Gasteiger partial charge in [-0.2, -0.15) is 0 Å². The second kappa shape index (κ2) is 5.19. The molecular formula is C15H23NO. The Morgan fingerprint density at radius 1 is 1.29 bits per heavy atom. The van der Waals surface area contributed by atoms with E-state index in [0.717, 1.165) is 24.8 Å². The highest BCUT2D eigenvalue weighted by Crippen LogP contribution is 2.31. The molecular weight excluding hydrogens is 210 g/mol. The smallest absolute Gasteiger partial charge is 0.0947 e. The fraction of sp³-hybridized carbons (Fsp3) is 0.600. The van der Waals surface area contributed by atoms with E-state index in [1.165, 1.54) is 5.56 Å². The molecule has 2 unspecified atom stereocenters. The minimum Gasteiger partial charge on any atom is -0.387 e. The van der Waals surface area contributed by atoms with Gasteiger partial charge in [-0.1, -0.05) is 24.3 Å². The number of rotatable bonds is 2. The van der Waals surface area contributed by atoms with Gasteiger partial charge in [0.2, 0.25) is 0 Å². The lowest BCUT2D eigenvalue weighted by molar-refractivity contribution is 0.0438. The monoisotopic (exact) mass is 233 g/mol. The summed E-state index contributed by atoms with van der Waals surface area (Å²) in [6, 6.07) is 9.04. The van der Waals surface area contributed by atoms with Crippen molar-refractivity contribution < 1.29 is 5.11 Å². The zero-order chi connectivity index (χ0) is 12.4. The molecule has 0 saturated heterocycles. The van der Waals surface area contributed by atoms with E-state index >= 15 is 0 Å². The van der Waals surface area contributed by atoms with Crippen LogP contribution in [-0.2, 0) is 6.42 Å². The Labute approximate surface area is 104 Å². The fourth-order valence-electron chi connectivity index (χ4n) is 2.73. The number of hydrogen-bond donors (Lipinski definition) is 1. The summed E-state index contributed by atoms with van der Waals surface area (Å²) in [5.74, 6) is 0. The predicted octanol–water partition coefficient (Wildman–Crippen LogP) is 2.77. The van der Waals surface area contributed by atoms with Gasteiger partial charge in [-0.25, -0.2) is 0 Å². The molecule has 2 rings (SSSR count). The summed E-state index contributed by atoms with van der Waals surface area (Å²) in [5, 5.41) is 10.6. The number of likely N-dealkylation sites (N-methyl/N-ethyl adjacent to an activating group) is 1. The summed E-state index contributed by atoms with van der Waals surface area (Å²) >= 11 is 0. The van der Waals surface area contributed by atoms with Crippen LogP contribution in [0.4, 0.5) is 0 Å². The van der Waals surface area contributed by atoms with Gasteiger partial charge in [-0.05, 0) is 51.3 Å². The van der Waals surface area contributed by atoms with Gasteiger partial charge < -0.3 is 5.11 Å². The summed E-state index contributed by atoms with van der Waals surface area (Å²) in [5.41, 5.74) is 2.45. The largest absolute Gasteiger partial charge is 0.387 e. The molecule has 2 nitrogen and oxygen atoms in total. The summed E-state index contributed by atoms with van der Waals surface area (Å²) in [6.07, 6.45) is 2.98. The molecule has 0 fully saturated rings. The van der Waals surface area contributed by atoms with E-state index in [4.69, 9.17) is 0 Å². The van der Waals surface area contributed by atoms with E-state index < -0.39 is 0 Å². The molecule has 1 aliphatic rings. The van der Waals surface area contributed by atoms with Gasteiger partial charge in [-0.15, -0.1) is 0 Å². The van der Waals surface area contributed by atoms with Crippen molar-refractivity contribution in [1.82, 2.24) is 4.90 Å². The summed E-state index contributed by atoms with van der Waals surface area (Å²) < 4.78 is 0. The van der Waals surface area contributed by atoms with E-state index in [0.29, 0.717) is 6.04 Å². The predicted molar refractivity (Wildman–Crippen MR) is 71.0 cm³/mol. The van der Waals surface area contributed by atoms with Gasteiger partial charge in [0.15, 0.2) is 0 Å². The lowest BCUT2D eigenvalue weighted by Crippen LogP contribution is -2.40. The van der Waals surface area contributed by atoms with Crippen molar-refractivity contribution >= 4 is 0 Å². The summed E-state index contributed by atoms with van der Waals surface area (Å²) in [6.45, 7) is 4.37. The molecule has 0 saturated carbocycles. The number of aliphatic hydroxyl groups is 1. The minimum atomic E-state index is -0.346. The first-order chi connectivity index (χ1) is 8.11. The van der Waals surface area contributed by atoms with Gasteiger partial charge in [-0.3, -0.25) is 4.90 Å². The Kier molecular flexibility index (Phi) is 3.85. The van der Waals surface area contributed by atoms with Crippen molar-refractivity contribution in [2.75, 3.05) is 7.05 Å². The second-order valence-corrected chi connectivity index (χ2v) is 5.36. The maximum absolute atomic E-state index is 10.6. The van der Waals surface area contributed by atoms with Gasteiger partial charge in [0.25, 0.3) is 0 Å². The van der Waals surface area contributed by atoms with Crippen LogP contribution in [0.1, 0.15) is 43.9 Å². The molecule has 2 atom stereocenters. The first-order valence-electron chi connectivity index (χ1n) is 6.59. The first kappa shape index (κ1) is 12.6. The Morgan fingerprint density at radius 3 is 2.71 bits per heavy atom. The molecule has 2 heteroatoms. The minimum absolute atomic E-state index is 0.249. The number of aryl methyl sites for hydroxylation is 1. The van der Waals surface area contributed by atoms with Crippen LogP contribution in [-0.4, -0.2) is 29.1 Å². The van der Waals surface area contributed by atoms with E-state index in [1.54, 1.807) is 0 Å². The molecule has 0 amide bonds. The van der Waals surface area contributed by atoms with E-state index in [2.05, 4.69) is 44.0 Å². The van der Waals surface area contributed by atoms with Crippen LogP contribution >= 0.6 is 0 Å². The quantitative estimate of drug-likeness (QED) is 0.794. The summed E-state index contributed by atoms with van der Waals surface area (Å²) in [7, 11) is 2.12. The maximum atomic E-state index is 10.6. The topological polar surface area (TPSA) is 23.5 Å². The van der Waals surface area contributed by atoms with Crippen LogP contribution < -0.4 is 0 Å². The van der Waals surface area contributed by atoms with Gasteiger partial charge in [0, 0.05) is 12.1 Å². The molecule has 1 aliphatic carbocycles. The third-order valence-electron chi connectivity index (χ3n) is 4.02. The highest BCUT2D eigenvalue weighted by atomic mass is 16.3. The molecule has 0 spiro atoms. The number of hydrogen-bond acceptors (Lipinski definition) is 2. The third kappa shape index (κ3) is 2.53. The molecule has 94 valence electrons. The number of nitrogens with zero attached hydrogens (tertiary/aromatic N) is 1. The van der Waals surface area contributed by atoms with Gasteiger partial charge in [0.1, 0.15) is 0 Å². The van der Waals surface area contributed by atoms with Crippen LogP contribution in [0.15, 0.2) is 24.3 Å². The van der Waals surface area contributed by atoms with Crippen molar-refractivity contribution in [3.05, 3.63) is 35.4 Å². The number of aliphatic hydroxyl groups excluding tert-OH is 1.